The normalized spacial score (nSPS) is 11.1. The van der Waals surface area contributed by atoms with Crippen molar-refractivity contribution < 1.29 is 14.3 Å². The first-order chi connectivity index (χ1) is 10.2. The van der Waals surface area contributed by atoms with Crippen molar-refractivity contribution >= 4 is 11.5 Å². The smallest absolute Gasteiger partial charge is 0.330 e. The number of methoxy groups -OCH3 is 2. The van der Waals surface area contributed by atoms with E-state index >= 15 is 0 Å². The lowest BCUT2D eigenvalue weighted by Crippen LogP contribution is -1.96. The molecule has 0 unspecified atom stereocenters. The van der Waals surface area contributed by atoms with Gasteiger partial charge in [0.15, 0.2) is 0 Å². The third kappa shape index (κ3) is 3.45. The Hall–Kier alpha value is -2.69. The van der Waals surface area contributed by atoms with E-state index in [-0.39, 0.29) is 5.97 Å². The summed E-state index contributed by atoms with van der Waals surface area (Å²) in [5.41, 5.74) is 3.43. The molecule has 0 atom stereocenters. The molecule has 0 amide bonds. The predicted molar refractivity (Wildman–Crippen MR) is 79.7 cm³/mol. The molecule has 0 radical (unpaired) electrons. The monoisotopic (exact) mass is 284 g/mol. The van der Waals surface area contributed by atoms with E-state index in [1.165, 1.54) is 19.5 Å². The van der Waals surface area contributed by atoms with E-state index in [9.17, 15) is 4.79 Å². The summed E-state index contributed by atoms with van der Waals surface area (Å²) in [5, 5.41) is 0. The Balaban J connectivity index is 2.48. The highest BCUT2D eigenvalue weighted by Crippen LogP contribution is 2.31. The van der Waals surface area contributed by atoms with Crippen LogP contribution in [0.5, 0.6) is 5.75 Å². The first kappa shape index (κ1) is 14.7. The molecule has 0 aliphatic carbocycles. The molecule has 5 heteroatoms. The van der Waals surface area contributed by atoms with Gasteiger partial charge in [0.2, 0.25) is 0 Å². The van der Waals surface area contributed by atoms with E-state index in [1.807, 2.05) is 25.1 Å². The number of hydrogen-bond acceptors (Lipinski definition) is 5. The Morgan fingerprint density at radius 3 is 2.52 bits per heavy atom. The van der Waals surface area contributed by atoms with Gasteiger partial charge >= 0.3 is 5.97 Å². The molecule has 0 aliphatic rings. The topological polar surface area (TPSA) is 61.3 Å². The number of hydrogen-bond donors (Lipinski definition) is 0. The lowest BCUT2D eigenvalue weighted by molar-refractivity contribution is -0.134. The zero-order valence-corrected chi connectivity index (χ0v) is 12.2. The molecule has 2 rings (SSSR count). The highest BCUT2D eigenvalue weighted by atomic mass is 16.5. The largest absolute Gasteiger partial charge is 0.496 e. The van der Waals surface area contributed by atoms with Gasteiger partial charge in [-0.25, -0.2) is 14.8 Å². The fourth-order valence-electron chi connectivity index (χ4n) is 1.94. The Labute approximate surface area is 123 Å². The predicted octanol–water partition coefficient (Wildman–Crippen LogP) is 2.73. The zero-order chi connectivity index (χ0) is 15.2. The Kier molecular flexibility index (Phi) is 4.66. The average Bonchev–Trinajstić information content (AvgIpc) is 2.54. The van der Waals surface area contributed by atoms with Gasteiger partial charge in [-0.3, -0.25) is 0 Å². The van der Waals surface area contributed by atoms with Crippen molar-refractivity contribution in [2.24, 2.45) is 0 Å². The van der Waals surface area contributed by atoms with Gasteiger partial charge in [0.05, 0.1) is 14.2 Å². The first-order valence-corrected chi connectivity index (χ1v) is 6.35. The minimum atomic E-state index is -0.382. The Morgan fingerprint density at radius 2 is 1.90 bits per heavy atom. The molecule has 21 heavy (non-hydrogen) atoms. The van der Waals surface area contributed by atoms with Gasteiger partial charge in [-0.05, 0) is 30.2 Å². The van der Waals surface area contributed by atoms with Crippen LogP contribution in [0, 0.1) is 0 Å². The van der Waals surface area contributed by atoms with Gasteiger partial charge in [0.25, 0.3) is 0 Å². The number of nitrogens with zero attached hydrogens (tertiary/aromatic N) is 2. The summed E-state index contributed by atoms with van der Waals surface area (Å²) in [6.07, 6.45) is 6.36. The maximum atomic E-state index is 11.3. The third-order valence-electron chi connectivity index (χ3n) is 3.06. The highest BCUT2D eigenvalue weighted by molar-refractivity contribution is 5.91. The molecule has 0 N–H and O–H groups in total. The first-order valence-electron chi connectivity index (χ1n) is 6.35. The summed E-state index contributed by atoms with van der Waals surface area (Å²) in [5.74, 6) is 0.340. The van der Waals surface area contributed by atoms with Gasteiger partial charge in [0.1, 0.15) is 12.1 Å². The molecule has 1 aromatic heterocycles. The second kappa shape index (κ2) is 6.65. The van der Waals surface area contributed by atoms with Crippen LogP contribution in [0.3, 0.4) is 0 Å². The molecule has 0 spiro atoms. The standard InChI is InChI=1S/C16H16N2O3/c1-11(6-16(19)21-3)12-4-5-15(20-2)14(7-12)13-8-17-10-18-9-13/h4-10H,1-3H3/b11-6+. The molecule has 108 valence electrons. The molecule has 1 heterocycles. The maximum absolute atomic E-state index is 11.3. The molecule has 5 nitrogen and oxygen atoms in total. The number of ether oxygens (including phenoxy) is 2. The van der Waals surface area contributed by atoms with E-state index in [0.29, 0.717) is 0 Å². The SMILES string of the molecule is COC(=O)/C=C(\C)c1ccc(OC)c(-c2cncnc2)c1. The van der Waals surface area contributed by atoms with Gasteiger partial charge in [-0.15, -0.1) is 0 Å². The van der Waals surface area contributed by atoms with Crippen LogP contribution in [0.25, 0.3) is 16.7 Å². The van der Waals surface area contributed by atoms with Crippen molar-refractivity contribution in [3.05, 3.63) is 48.6 Å². The number of benzene rings is 1. The fraction of sp³-hybridized carbons (Fsp3) is 0.188. The second-order valence-electron chi connectivity index (χ2n) is 4.39. The minimum Gasteiger partial charge on any atom is -0.496 e. The van der Waals surface area contributed by atoms with Crippen LogP contribution >= 0.6 is 0 Å². The maximum Gasteiger partial charge on any atom is 0.330 e. The molecular weight excluding hydrogens is 268 g/mol. The molecule has 0 saturated heterocycles. The lowest BCUT2D eigenvalue weighted by Gasteiger charge is -2.11. The summed E-state index contributed by atoms with van der Waals surface area (Å²) >= 11 is 0. The van der Waals surface area contributed by atoms with E-state index in [1.54, 1.807) is 19.5 Å². The van der Waals surface area contributed by atoms with Crippen LogP contribution in [0.2, 0.25) is 0 Å². The second-order valence-corrected chi connectivity index (χ2v) is 4.39. The van der Waals surface area contributed by atoms with Crippen molar-refractivity contribution in [3.8, 4) is 16.9 Å². The van der Waals surface area contributed by atoms with Crippen LogP contribution in [0.1, 0.15) is 12.5 Å². The molecule has 0 fully saturated rings. The van der Waals surface area contributed by atoms with E-state index in [2.05, 4.69) is 14.7 Å². The number of aromatic nitrogens is 2. The van der Waals surface area contributed by atoms with E-state index in [0.717, 1.165) is 28.0 Å². The molecular formula is C16H16N2O3. The number of allylic oxidation sites excluding steroid dienone is 1. The van der Waals surface area contributed by atoms with Gasteiger partial charge in [-0.2, -0.15) is 0 Å². The minimum absolute atomic E-state index is 0.382. The van der Waals surface area contributed by atoms with Crippen LogP contribution in [0.4, 0.5) is 0 Å². The quantitative estimate of drug-likeness (QED) is 0.638. The number of carbonyl (C=O) groups is 1. The number of rotatable bonds is 4. The van der Waals surface area contributed by atoms with Crippen molar-refractivity contribution in [3.63, 3.8) is 0 Å². The van der Waals surface area contributed by atoms with Gasteiger partial charge in [0, 0.05) is 29.6 Å². The number of carbonyl (C=O) groups excluding carboxylic acids is 1. The van der Waals surface area contributed by atoms with Gasteiger partial charge < -0.3 is 9.47 Å². The zero-order valence-electron chi connectivity index (χ0n) is 12.2. The molecule has 0 bridgehead atoms. The molecule has 1 aromatic carbocycles. The summed E-state index contributed by atoms with van der Waals surface area (Å²) < 4.78 is 10.0. The van der Waals surface area contributed by atoms with Crippen LogP contribution in [-0.2, 0) is 9.53 Å². The molecule has 0 saturated carbocycles. The van der Waals surface area contributed by atoms with E-state index < -0.39 is 0 Å². The Morgan fingerprint density at radius 1 is 1.19 bits per heavy atom. The van der Waals surface area contributed by atoms with Crippen LogP contribution in [-0.4, -0.2) is 30.2 Å². The summed E-state index contributed by atoms with van der Waals surface area (Å²) in [6, 6.07) is 5.68. The summed E-state index contributed by atoms with van der Waals surface area (Å²) in [7, 11) is 2.96. The number of esters is 1. The van der Waals surface area contributed by atoms with Crippen molar-refractivity contribution in [2.75, 3.05) is 14.2 Å². The Bertz CT molecular complexity index is 666. The van der Waals surface area contributed by atoms with Crippen molar-refractivity contribution in [1.82, 2.24) is 9.97 Å². The van der Waals surface area contributed by atoms with Gasteiger partial charge in [-0.1, -0.05) is 6.07 Å². The summed E-state index contributed by atoms with van der Waals surface area (Å²) in [6.45, 7) is 1.85. The van der Waals surface area contributed by atoms with Crippen LogP contribution < -0.4 is 4.74 Å². The summed E-state index contributed by atoms with van der Waals surface area (Å²) in [4.78, 5) is 19.4. The average molecular weight is 284 g/mol. The van der Waals surface area contributed by atoms with Crippen LogP contribution in [0.15, 0.2) is 43.0 Å². The molecule has 2 aromatic rings. The lowest BCUT2D eigenvalue weighted by atomic mass is 10.00. The molecule has 0 aliphatic heterocycles. The van der Waals surface area contributed by atoms with E-state index in [4.69, 9.17) is 4.74 Å². The highest BCUT2D eigenvalue weighted by Gasteiger charge is 2.09. The fourth-order valence-corrected chi connectivity index (χ4v) is 1.94. The van der Waals surface area contributed by atoms with Crippen molar-refractivity contribution in [2.45, 2.75) is 6.92 Å². The van der Waals surface area contributed by atoms with Crippen molar-refractivity contribution in [1.29, 1.82) is 0 Å². The third-order valence-corrected chi connectivity index (χ3v) is 3.06.